The SMILES string of the molecule is CNC(=O)[C@@H]1C[C@H](n2cc(CNC(=O)CCC3CCCCC3)nn2)CN1. The number of rotatable bonds is 7. The molecule has 2 amide bonds. The topological polar surface area (TPSA) is 101 Å². The van der Waals surface area contributed by atoms with E-state index in [4.69, 9.17) is 0 Å². The molecule has 2 heterocycles. The Hall–Kier alpha value is -1.96. The van der Waals surface area contributed by atoms with Crippen LogP contribution in [-0.2, 0) is 16.1 Å². The molecule has 0 unspecified atom stereocenters. The molecule has 2 fully saturated rings. The van der Waals surface area contributed by atoms with Crippen LogP contribution in [0.4, 0.5) is 0 Å². The fourth-order valence-corrected chi connectivity index (χ4v) is 3.95. The quantitative estimate of drug-likeness (QED) is 0.669. The number of aromatic nitrogens is 3. The van der Waals surface area contributed by atoms with Gasteiger partial charge in [0.25, 0.3) is 0 Å². The molecule has 26 heavy (non-hydrogen) atoms. The summed E-state index contributed by atoms with van der Waals surface area (Å²) < 4.78 is 1.79. The third kappa shape index (κ3) is 5.03. The Labute approximate surface area is 154 Å². The van der Waals surface area contributed by atoms with Crippen molar-refractivity contribution in [2.24, 2.45) is 5.92 Å². The van der Waals surface area contributed by atoms with Crippen LogP contribution in [0.2, 0.25) is 0 Å². The zero-order chi connectivity index (χ0) is 18.4. The lowest BCUT2D eigenvalue weighted by Gasteiger charge is -2.20. The first kappa shape index (κ1) is 18.8. The number of carbonyl (C=O) groups is 2. The van der Waals surface area contributed by atoms with Gasteiger partial charge in [-0.25, -0.2) is 4.68 Å². The molecule has 0 spiro atoms. The fraction of sp³-hybridized carbons (Fsp3) is 0.778. The van der Waals surface area contributed by atoms with E-state index in [1.165, 1.54) is 32.1 Å². The molecule has 1 aromatic heterocycles. The zero-order valence-corrected chi connectivity index (χ0v) is 15.5. The summed E-state index contributed by atoms with van der Waals surface area (Å²) in [6, 6.07) is -0.0716. The molecule has 0 aromatic carbocycles. The molecule has 1 saturated heterocycles. The molecule has 1 saturated carbocycles. The molecule has 8 heteroatoms. The molecule has 2 atom stereocenters. The average molecular weight is 362 g/mol. The second kappa shape index (κ2) is 9.12. The highest BCUT2D eigenvalue weighted by atomic mass is 16.2. The zero-order valence-electron chi connectivity index (χ0n) is 15.5. The Kier molecular flexibility index (Phi) is 6.60. The third-order valence-corrected chi connectivity index (χ3v) is 5.57. The average Bonchev–Trinajstić information content (AvgIpc) is 3.34. The molecule has 1 aromatic rings. The Morgan fingerprint density at radius 1 is 1.31 bits per heavy atom. The first-order valence-electron chi connectivity index (χ1n) is 9.78. The standard InChI is InChI=1S/C18H30N6O2/c1-19-18(26)16-9-15(11-20-16)24-12-14(22-23-24)10-21-17(25)8-7-13-5-3-2-4-6-13/h12-13,15-16,20H,2-11H2,1H3,(H,19,26)(H,21,25)/t15-,16-/m0/s1. The van der Waals surface area contributed by atoms with Crippen LogP contribution in [0.3, 0.4) is 0 Å². The summed E-state index contributed by atoms with van der Waals surface area (Å²) in [5.41, 5.74) is 0.749. The molecule has 0 bridgehead atoms. The highest BCUT2D eigenvalue weighted by Gasteiger charge is 2.30. The van der Waals surface area contributed by atoms with E-state index in [1.54, 1.807) is 11.7 Å². The van der Waals surface area contributed by atoms with Crippen LogP contribution < -0.4 is 16.0 Å². The van der Waals surface area contributed by atoms with Crippen molar-refractivity contribution in [1.29, 1.82) is 0 Å². The van der Waals surface area contributed by atoms with E-state index in [9.17, 15) is 9.59 Å². The first-order valence-corrected chi connectivity index (χ1v) is 9.78. The van der Waals surface area contributed by atoms with Gasteiger partial charge in [0.1, 0.15) is 5.69 Å². The highest BCUT2D eigenvalue weighted by molar-refractivity contribution is 5.81. The van der Waals surface area contributed by atoms with Gasteiger partial charge in [-0.05, 0) is 18.8 Å². The molecular weight excluding hydrogens is 332 g/mol. The van der Waals surface area contributed by atoms with Crippen LogP contribution in [0.1, 0.15) is 63.1 Å². The maximum atomic E-state index is 12.1. The van der Waals surface area contributed by atoms with E-state index in [0.29, 0.717) is 25.9 Å². The molecule has 3 N–H and O–H groups in total. The number of hydrogen-bond donors (Lipinski definition) is 3. The predicted octanol–water partition coefficient (Wildman–Crippen LogP) is 0.904. The van der Waals surface area contributed by atoms with Crippen molar-refractivity contribution in [1.82, 2.24) is 30.9 Å². The summed E-state index contributed by atoms with van der Waals surface area (Å²) in [5, 5.41) is 17.1. The largest absolute Gasteiger partial charge is 0.358 e. The van der Waals surface area contributed by atoms with E-state index in [0.717, 1.165) is 18.0 Å². The molecule has 1 aliphatic carbocycles. The number of likely N-dealkylation sites (N-methyl/N-ethyl adjacent to an activating group) is 1. The maximum absolute atomic E-state index is 12.1. The van der Waals surface area contributed by atoms with Gasteiger partial charge in [-0.15, -0.1) is 5.10 Å². The van der Waals surface area contributed by atoms with E-state index in [1.807, 2.05) is 6.20 Å². The van der Waals surface area contributed by atoms with Crippen LogP contribution in [0.15, 0.2) is 6.20 Å². The summed E-state index contributed by atoms with van der Waals surface area (Å²) in [5.74, 6) is 0.809. The predicted molar refractivity (Wildman–Crippen MR) is 97.2 cm³/mol. The summed E-state index contributed by atoms with van der Waals surface area (Å²) in [6.45, 7) is 1.09. The monoisotopic (exact) mass is 362 g/mol. The minimum atomic E-state index is -0.183. The summed E-state index contributed by atoms with van der Waals surface area (Å²) in [6.07, 6.45) is 10.7. The van der Waals surface area contributed by atoms with Gasteiger partial charge in [0.15, 0.2) is 0 Å². The summed E-state index contributed by atoms with van der Waals surface area (Å²) in [4.78, 5) is 23.7. The second-order valence-corrected chi connectivity index (χ2v) is 7.47. The summed E-state index contributed by atoms with van der Waals surface area (Å²) >= 11 is 0. The number of nitrogens with zero attached hydrogens (tertiary/aromatic N) is 3. The molecule has 0 radical (unpaired) electrons. The van der Waals surface area contributed by atoms with Gasteiger partial charge in [-0.1, -0.05) is 37.3 Å². The normalized spacial score (nSPS) is 23.7. The smallest absolute Gasteiger partial charge is 0.236 e. The highest BCUT2D eigenvalue weighted by Crippen LogP contribution is 2.27. The van der Waals surface area contributed by atoms with Gasteiger partial charge in [0.05, 0.1) is 24.8 Å². The van der Waals surface area contributed by atoms with E-state index in [-0.39, 0.29) is 23.9 Å². The van der Waals surface area contributed by atoms with E-state index in [2.05, 4.69) is 26.3 Å². The Bertz CT molecular complexity index is 611. The Morgan fingerprint density at radius 3 is 2.88 bits per heavy atom. The lowest BCUT2D eigenvalue weighted by molar-refractivity contribution is -0.122. The van der Waals surface area contributed by atoms with Crippen LogP contribution in [0, 0.1) is 5.92 Å². The van der Waals surface area contributed by atoms with Crippen LogP contribution in [0.5, 0.6) is 0 Å². The number of hydrogen-bond acceptors (Lipinski definition) is 5. The van der Waals surface area contributed by atoms with Gasteiger partial charge in [0, 0.05) is 20.0 Å². The lowest BCUT2D eigenvalue weighted by Crippen LogP contribution is -2.38. The maximum Gasteiger partial charge on any atom is 0.236 e. The first-order chi connectivity index (χ1) is 12.7. The Balaban J connectivity index is 1.39. The van der Waals surface area contributed by atoms with Gasteiger partial charge in [0.2, 0.25) is 11.8 Å². The molecule has 144 valence electrons. The number of amides is 2. The van der Waals surface area contributed by atoms with Gasteiger partial charge < -0.3 is 16.0 Å². The fourth-order valence-electron chi connectivity index (χ4n) is 3.95. The van der Waals surface area contributed by atoms with Gasteiger partial charge in [-0.3, -0.25) is 9.59 Å². The van der Waals surface area contributed by atoms with Crippen LogP contribution >= 0.6 is 0 Å². The Morgan fingerprint density at radius 2 is 2.12 bits per heavy atom. The van der Waals surface area contributed by atoms with Crippen molar-refractivity contribution in [3.8, 4) is 0 Å². The van der Waals surface area contributed by atoms with Crippen molar-refractivity contribution < 1.29 is 9.59 Å². The van der Waals surface area contributed by atoms with Gasteiger partial charge >= 0.3 is 0 Å². The van der Waals surface area contributed by atoms with E-state index >= 15 is 0 Å². The number of carbonyl (C=O) groups excluding carboxylic acids is 2. The van der Waals surface area contributed by atoms with Crippen LogP contribution in [0.25, 0.3) is 0 Å². The molecule has 3 rings (SSSR count). The van der Waals surface area contributed by atoms with Crippen molar-refractivity contribution in [3.63, 3.8) is 0 Å². The minimum absolute atomic E-state index is 0.00179. The second-order valence-electron chi connectivity index (χ2n) is 7.47. The number of nitrogens with one attached hydrogen (secondary N) is 3. The van der Waals surface area contributed by atoms with Crippen molar-refractivity contribution in [2.75, 3.05) is 13.6 Å². The molecule has 8 nitrogen and oxygen atoms in total. The minimum Gasteiger partial charge on any atom is -0.358 e. The van der Waals surface area contributed by atoms with Crippen LogP contribution in [-0.4, -0.2) is 46.4 Å². The molecule has 2 aliphatic rings. The molecule has 1 aliphatic heterocycles. The van der Waals surface area contributed by atoms with Crippen molar-refractivity contribution in [2.45, 2.75) is 70.0 Å². The van der Waals surface area contributed by atoms with Crippen molar-refractivity contribution >= 4 is 11.8 Å². The van der Waals surface area contributed by atoms with Crippen molar-refractivity contribution in [3.05, 3.63) is 11.9 Å². The van der Waals surface area contributed by atoms with Gasteiger partial charge in [-0.2, -0.15) is 0 Å². The lowest BCUT2D eigenvalue weighted by atomic mass is 9.86. The third-order valence-electron chi connectivity index (χ3n) is 5.57. The summed E-state index contributed by atoms with van der Waals surface area (Å²) in [7, 11) is 1.64. The van der Waals surface area contributed by atoms with E-state index < -0.39 is 0 Å². The molecular formula is C18H30N6O2.